The third kappa shape index (κ3) is 4.58. The second-order valence-electron chi connectivity index (χ2n) is 9.52. The molecule has 0 bridgehead atoms. The van der Waals surface area contributed by atoms with Crippen LogP contribution in [0.25, 0.3) is 22.5 Å². The molecule has 2 aliphatic carbocycles. The molecule has 6 rings (SSSR count). The Balaban J connectivity index is 1.21. The van der Waals surface area contributed by atoms with E-state index in [1.54, 1.807) is 19.3 Å². The van der Waals surface area contributed by atoms with Gasteiger partial charge >= 0.3 is 0 Å². The van der Waals surface area contributed by atoms with Gasteiger partial charge in [0, 0.05) is 16.8 Å². The van der Waals surface area contributed by atoms with Crippen molar-refractivity contribution >= 4 is 23.4 Å². The van der Waals surface area contributed by atoms with Gasteiger partial charge in [0.15, 0.2) is 0 Å². The van der Waals surface area contributed by atoms with E-state index in [2.05, 4.69) is 36.2 Å². The summed E-state index contributed by atoms with van der Waals surface area (Å²) in [4.78, 5) is 31.6. The van der Waals surface area contributed by atoms with E-state index in [0.717, 1.165) is 11.3 Å². The summed E-state index contributed by atoms with van der Waals surface area (Å²) in [6, 6.07) is 5.77. The molecule has 1 saturated carbocycles. The molecule has 0 saturated heterocycles. The van der Waals surface area contributed by atoms with E-state index < -0.39 is 17.3 Å². The smallest absolute Gasteiger partial charge is 0.290 e. The van der Waals surface area contributed by atoms with Crippen LogP contribution in [0.3, 0.4) is 0 Å². The van der Waals surface area contributed by atoms with E-state index in [4.69, 9.17) is 20.9 Å². The van der Waals surface area contributed by atoms with Crippen LogP contribution in [-0.4, -0.2) is 54.8 Å². The minimum atomic E-state index is -1.02. The van der Waals surface area contributed by atoms with Crippen molar-refractivity contribution in [3.63, 3.8) is 0 Å². The van der Waals surface area contributed by atoms with Gasteiger partial charge in [-0.05, 0) is 65.4 Å². The maximum Gasteiger partial charge on any atom is 0.290 e. The molecule has 12 nitrogen and oxygen atoms in total. The molecule has 14 heteroatoms. The number of nitrogens with one attached hydrogen (secondary N) is 2. The lowest BCUT2D eigenvalue weighted by atomic mass is 9.98. The zero-order chi connectivity index (χ0) is 27.3. The number of aryl methyl sites for hydroxylation is 2. The SMILES string of the molecule is COc1cc(C(=O)NC2(C(=O)NC3CCc4cc(-c5cc(Cl)cc(F)c5-c5nnn(C)n5)cnc43)CC2)on1. The van der Waals surface area contributed by atoms with Crippen LogP contribution in [0.15, 0.2) is 35.0 Å². The van der Waals surface area contributed by atoms with Gasteiger partial charge in [0.2, 0.25) is 17.5 Å². The van der Waals surface area contributed by atoms with Crippen molar-refractivity contribution in [3.05, 3.63) is 58.3 Å². The van der Waals surface area contributed by atoms with Gasteiger partial charge in [-0.2, -0.15) is 4.80 Å². The minimum absolute atomic E-state index is 0.0418. The zero-order valence-corrected chi connectivity index (χ0v) is 21.6. The van der Waals surface area contributed by atoms with Crippen LogP contribution in [0.4, 0.5) is 4.39 Å². The van der Waals surface area contributed by atoms with Gasteiger partial charge in [0.1, 0.15) is 11.4 Å². The first-order chi connectivity index (χ1) is 18.8. The lowest BCUT2D eigenvalue weighted by Gasteiger charge is -2.20. The van der Waals surface area contributed by atoms with Crippen LogP contribution in [-0.2, 0) is 18.3 Å². The summed E-state index contributed by atoms with van der Waals surface area (Å²) in [6.07, 6.45) is 3.90. The molecule has 2 amide bonds. The Hall–Kier alpha value is -4.39. The minimum Gasteiger partial charge on any atom is -0.479 e. The number of halogens is 2. The highest BCUT2D eigenvalue weighted by atomic mass is 35.5. The molecule has 1 aromatic carbocycles. The van der Waals surface area contributed by atoms with Crippen molar-refractivity contribution in [2.75, 3.05) is 7.11 Å². The van der Waals surface area contributed by atoms with Crippen LogP contribution in [0.1, 0.15) is 47.1 Å². The fraction of sp³-hybridized carbons (Fsp3) is 0.320. The Kier molecular flexibility index (Phi) is 6.02. The van der Waals surface area contributed by atoms with E-state index >= 15 is 0 Å². The number of carbonyl (C=O) groups is 2. The molecule has 3 aromatic heterocycles. The summed E-state index contributed by atoms with van der Waals surface area (Å²) in [5, 5.41) is 21.5. The lowest BCUT2D eigenvalue weighted by molar-refractivity contribution is -0.124. The molecule has 0 radical (unpaired) electrons. The van der Waals surface area contributed by atoms with Crippen LogP contribution >= 0.6 is 11.6 Å². The molecular formula is C25H22ClFN8O4. The van der Waals surface area contributed by atoms with E-state index in [1.807, 2.05) is 6.07 Å². The van der Waals surface area contributed by atoms with Crippen molar-refractivity contribution in [3.8, 4) is 28.4 Å². The van der Waals surface area contributed by atoms with Gasteiger partial charge in [0.05, 0.1) is 37.5 Å². The number of fused-ring (bicyclic) bond motifs is 1. The largest absolute Gasteiger partial charge is 0.479 e. The third-order valence-electron chi connectivity index (χ3n) is 6.90. The molecule has 2 N–H and O–H groups in total. The zero-order valence-electron chi connectivity index (χ0n) is 20.9. The van der Waals surface area contributed by atoms with E-state index in [-0.39, 0.29) is 40.0 Å². The van der Waals surface area contributed by atoms with Crippen molar-refractivity contribution in [2.24, 2.45) is 7.05 Å². The van der Waals surface area contributed by atoms with Crippen molar-refractivity contribution < 1.29 is 23.2 Å². The van der Waals surface area contributed by atoms with Gasteiger partial charge in [0.25, 0.3) is 11.8 Å². The number of benzene rings is 1. The number of methoxy groups -OCH3 is 1. The molecule has 4 aromatic rings. The fourth-order valence-corrected chi connectivity index (χ4v) is 4.95. The molecule has 0 spiro atoms. The van der Waals surface area contributed by atoms with E-state index in [0.29, 0.717) is 36.8 Å². The summed E-state index contributed by atoms with van der Waals surface area (Å²) in [5.41, 5.74) is 1.91. The average Bonchev–Trinajstić information content (AvgIpc) is 3.24. The first kappa shape index (κ1) is 24.9. The van der Waals surface area contributed by atoms with E-state index in [1.165, 1.54) is 24.0 Å². The molecule has 0 aliphatic heterocycles. The normalized spacial score (nSPS) is 17.0. The van der Waals surface area contributed by atoms with Crippen LogP contribution in [0.5, 0.6) is 5.88 Å². The number of rotatable bonds is 7. The highest BCUT2D eigenvalue weighted by Gasteiger charge is 2.52. The molecule has 39 heavy (non-hydrogen) atoms. The Labute approximate surface area is 225 Å². The maximum absolute atomic E-state index is 15.0. The average molecular weight is 553 g/mol. The van der Waals surface area contributed by atoms with Gasteiger partial charge in [-0.15, -0.1) is 10.2 Å². The molecular weight excluding hydrogens is 531 g/mol. The predicted octanol–water partition coefficient (Wildman–Crippen LogP) is 2.79. The number of hydrogen-bond acceptors (Lipinski definition) is 9. The van der Waals surface area contributed by atoms with Crippen LogP contribution in [0, 0.1) is 5.82 Å². The van der Waals surface area contributed by atoms with Crippen molar-refractivity contribution in [1.82, 2.24) is 41.0 Å². The summed E-state index contributed by atoms with van der Waals surface area (Å²) < 4.78 is 24.9. The number of tetrazole rings is 1. The van der Waals surface area contributed by atoms with Crippen LogP contribution in [0.2, 0.25) is 5.02 Å². The summed E-state index contributed by atoms with van der Waals surface area (Å²) in [6.45, 7) is 0. The molecule has 1 atom stereocenters. The topological polar surface area (TPSA) is 150 Å². The molecule has 3 heterocycles. The Morgan fingerprint density at radius 2 is 2.08 bits per heavy atom. The number of pyridine rings is 1. The van der Waals surface area contributed by atoms with Gasteiger partial charge in [-0.3, -0.25) is 14.6 Å². The quantitative estimate of drug-likeness (QED) is 0.353. The van der Waals surface area contributed by atoms with Gasteiger partial charge in [-0.1, -0.05) is 11.6 Å². The van der Waals surface area contributed by atoms with Crippen molar-refractivity contribution in [1.29, 1.82) is 0 Å². The Morgan fingerprint density at radius 1 is 1.26 bits per heavy atom. The van der Waals surface area contributed by atoms with E-state index in [9.17, 15) is 14.0 Å². The molecule has 2 aliphatic rings. The highest BCUT2D eigenvalue weighted by molar-refractivity contribution is 6.31. The molecule has 200 valence electrons. The lowest BCUT2D eigenvalue weighted by Crippen LogP contribution is -2.49. The first-order valence-electron chi connectivity index (χ1n) is 12.1. The monoisotopic (exact) mass is 552 g/mol. The number of amides is 2. The maximum atomic E-state index is 15.0. The summed E-state index contributed by atoms with van der Waals surface area (Å²) >= 11 is 6.18. The number of nitrogens with zero attached hydrogens (tertiary/aromatic N) is 6. The van der Waals surface area contributed by atoms with Gasteiger partial charge in [-0.25, -0.2) is 4.39 Å². The first-order valence-corrected chi connectivity index (χ1v) is 12.5. The fourth-order valence-electron chi connectivity index (χ4n) is 4.74. The number of ether oxygens (including phenoxy) is 1. The number of hydrogen-bond donors (Lipinski definition) is 2. The van der Waals surface area contributed by atoms with Gasteiger partial charge < -0.3 is 19.9 Å². The summed E-state index contributed by atoms with van der Waals surface area (Å²) in [7, 11) is 3.01. The second-order valence-corrected chi connectivity index (χ2v) is 9.95. The molecule has 1 unspecified atom stereocenters. The molecule has 1 fully saturated rings. The Morgan fingerprint density at radius 3 is 2.77 bits per heavy atom. The standard InChI is InChI=1S/C25H22ClFN8O4/c1-35-32-22(31-34-35)20-15(8-14(26)9-16(20)27)13-7-12-3-4-17(21(12)28-11-13)29-24(37)25(5-6-25)30-23(36)18-10-19(38-2)33-39-18/h7-11,17H,3-6H2,1-2H3,(H,29,37)(H,30,36). The summed E-state index contributed by atoms with van der Waals surface area (Å²) in [5.74, 6) is -1.15. The predicted molar refractivity (Wildman–Crippen MR) is 134 cm³/mol. The third-order valence-corrected chi connectivity index (χ3v) is 7.11. The number of aromatic nitrogens is 6. The highest BCUT2D eigenvalue weighted by Crippen LogP contribution is 2.40. The number of carbonyl (C=O) groups excluding carboxylic acids is 2. The van der Waals surface area contributed by atoms with Crippen molar-refractivity contribution in [2.45, 2.75) is 37.3 Å². The second kappa shape index (κ2) is 9.42. The Bertz CT molecular complexity index is 1620. The van der Waals surface area contributed by atoms with Crippen LogP contribution < -0.4 is 15.4 Å².